The van der Waals surface area contributed by atoms with E-state index in [0.29, 0.717) is 0 Å². The summed E-state index contributed by atoms with van der Waals surface area (Å²) in [4.78, 5) is 2.65. The fraction of sp³-hybridized carbons (Fsp3) is 0.467. The van der Waals surface area contributed by atoms with Crippen molar-refractivity contribution < 1.29 is 0 Å². The molecule has 1 aromatic carbocycles. The summed E-state index contributed by atoms with van der Waals surface area (Å²) in [6.45, 7) is 6.42. The molecule has 0 N–H and O–H groups in total. The molecule has 0 saturated heterocycles. The first-order valence-electron chi connectivity index (χ1n) is 6.30. The first-order valence-corrected chi connectivity index (χ1v) is 6.30. The van der Waals surface area contributed by atoms with E-state index in [1.165, 1.54) is 42.4 Å². The molecule has 2 aliphatic rings. The van der Waals surface area contributed by atoms with Gasteiger partial charge in [-0.3, -0.25) is 4.90 Å². The van der Waals surface area contributed by atoms with Crippen LogP contribution in [-0.2, 0) is 13.1 Å². The molecule has 1 heteroatoms. The number of benzene rings is 1. The molecule has 84 valence electrons. The number of fused-ring (bicyclic) bond motifs is 1. The molecule has 0 bridgehead atoms. The Labute approximate surface area is 97.8 Å². The van der Waals surface area contributed by atoms with Crippen molar-refractivity contribution in [3.8, 4) is 0 Å². The molecule has 0 amide bonds. The van der Waals surface area contributed by atoms with Crippen LogP contribution in [0.25, 0.3) is 0 Å². The van der Waals surface area contributed by atoms with Crippen LogP contribution < -0.4 is 0 Å². The molecule has 0 unspecified atom stereocenters. The highest BCUT2D eigenvalue weighted by Gasteiger charge is 2.27. The van der Waals surface area contributed by atoms with Gasteiger partial charge in [0, 0.05) is 19.1 Å². The lowest BCUT2D eigenvalue weighted by atomic mass is 9.91. The quantitative estimate of drug-likeness (QED) is 0.645. The van der Waals surface area contributed by atoms with Gasteiger partial charge in [-0.2, -0.15) is 0 Å². The lowest BCUT2D eigenvalue weighted by Crippen LogP contribution is -2.32. The largest absolute Gasteiger partial charge is 0.292 e. The second-order valence-corrected chi connectivity index (χ2v) is 5.15. The Hall–Kier alpha value is -1.08. The van der Waals surface area contributed by atoms with E-state index in [9.17, 15) is 0 Å². The van der Waals surface area contributed by atoms with Gasteiger partial charge < -0.3 is 0 Å². The zero-order chi connectivity index (χ0) is 11.0. The first kappa shape index (κ1) is 10.1. The van der Waals surface area contributed by atoms with Crippen molar-refractivity contribution in [2.75, 3.05) is 0 Å². The normalized spacial score (nSPS) is 22.4. The third-order valence-corrected chi connectivity index (χ3v) is 4.04. The van der Waals surface area contributed by atoms with Crippen LogP contribution in [0.15, 0.2) is 36.4 Å². The van der Waals surface area contributed by atoms with Crippen LogP contribution in [0, 0.1) is 0 Å². The van der Waals surface area contributed by atoms with Crippen LogP contribution in [0.5, 0.6) is 0 Å². The van der Waals surface area contributed by atoms with Crippen molar-refractivity contribution in [3.63, 3.8) is 0 Å². The summed E-state index contributed by atoms with van der Waals surface area (Å²) in [5.41, 5.74) is 4.52. The Morgan fingerprint density at radius 3 is 2.12 bits per heavy atom. The van der Waals surface area contributed by atoms with Gasteiger partial charge in [-0.15, -0.1) is 0 Å². The minimum atomic E-state index is 0.790. The number of nitrogens with zero attached hydrogens (tertiary/aromatic N) is 1. The van der Waals surface area contributed by atoms with E-state index < -0.39 is 0 Å². The highest BCUT2D eigenvalue weighted by molar-refractivity contribution is 5.30. The zero-order valence-electron chi connectivity index (χ0n) is 9.78. The molecule has 0 atom stereocenters. The molecule has 1 saturated carbocycles. The van der Waals surface area contributed by atoms with Gasteiger partial charge >= 0.3 is 0 Å². The number of rotatable bonds is 1. The standard InChI is InChI=1S/C15H19N/c1-12-6-8-15(9-7-12)16-10-13-4-2-3-5-14(13)11-16/h2-5,15H,1,6-11H2. The van der Waals surface area contributed by atoms with E-state index >= 15 is 0 Å². The van der Waals surface area contributed by atoms with Crippen molar-refractivity contribution in [2.45, 2.75) is 44.8 Å². The van der Waals surface area contributed by atoms with Crippen molar-refractivity contribution in [3.05, 3.63) is 47.5 Å². The molecule has 1 aliphatic carbocycles. The Kier molecular flexibility index (Phi) is 2.56. The molecule has 3 rings (SSSR count). The maximum Gasteiger partial charge on any atom is 0.0243 e. The highest BCUT2D eigenvalue weighted by Crippen LogP contribution is 2.31. The molecule has 1 nitrogen and oxygen atoms in total. The average molecular weight is 213 g/mol. The summed E-state index contributed by atoms with van der Waals surface area (Å²) in [6, 6.07) is 9.66. The summed E-state index contributed by atoms with van der Waals surface area (Å²) >= 11 is 0. The van der Waals surface area contributed by atoms with Crippen molar-refractivity contribution in [2.24, 2.45) is 0 Å². The van der Waals surface area contributed by atoms with Gasteiger partial charge in [0.1, 0.15) is 0 Å². The van der Waals surface area contributed by atoms with E-state index in [2.05, 4.69) is 35.7 Å². The summed E-state index contributed by atoms with van der Waals surface area (Å²) < 4.78 is 0. The lowest BCUT2D eigenvalue weighted by Gasteiger charge is -2.31. The smallest absolute Gasteiger partial charge is 0.0243 e. The summed E-state index contributed by atoms with van der Waals surface area (Å²) in [5, 5.41) is 0. The van der Waals surface area contributed by atoms with Gasteiger partial charge in [0.2, 0.25) is 0 Å². The van der Waals surface area contributed by atoms with Crippen LogP contribution >= 0.6 is 0 Å². The Morgan fingerprint density at radius 1 is 1.00 bits per heavy atom. The Balaban J connectivity index is 1.69. The summed E-state index contributed by atoms with van der Waals surface area (Å²) in [7, 11) is 0. The van der Waals surface area contributed by atoms with E-state index in [1.807, 2.05) is 0 Å². The minimum Gasteiger partial charge on any atom is -0.292 e. The Morgan fingerprint density at radius 2 is 1.56 bits per heavy atom. The van der Waals surface area contributed by atoms with Crippen LogP contribution in [0.1, 0.15) is 36.8 Å². The second kappa shape index (κ2) is 4.06. The molecular weight excluding hydrogens is 194 g/mol. The van der Waals surface area contributed by atoms with Gasteiger partial charge in [-0.05, 0) is 36.8 Å². The van der Waals surface area contributed by atoms with Crippen LogP contribution in [0.4, 0.5) is 0 Å². The monoisotopic (exact) mass is 213 g/mol. The molecule has 1 aromatic rings. The average Bonchev–Trinajstić information content (AvgIpc) is 2.73. The fourth-order valence-corrected chi connectivity index (χ4v) is 2.99. The van der Waals surface area contributed by atoms with Crippen LogP contribution in [0.3, 0.4) is 0 Å². The predicted octanol–water partition coefficient (Wildman–Crippen LogP) is 3.50. The van der Waals surface area contributed by atoms with Gasteiger partial charge in [0.15, 0.2) is 0 Å². The number of hydrogen-bond acceptors (Lipinski definition) is 1. The molecule has 0 radical (unpaired) electrons. The van der Waals surface area contributed by atoms with Gasteiger partial charge in [-0.1, -0.05) is 36.4 Å². The predicted molar refractivity (Wildman–Crippen MR) is 67.1 cm³/mol. The van der Waals surface area contributed by atoms with E-state index in [-0.39, 0.29) is 0 Å². The highest BCUT2D eigenvalue weighted by atomic mass is 15.2. The van der Waals surface area contributed by atoms with Crippen LogP contribution in [0.2, 0.25) is 0 Å². The molecular formula is C15H19N. The second-order valence-electron chi connectivity index (χ2n) is 5.15. The van der Waals surface area contributed by atoms with Gasteiger partial charge in [-0.25, -0.2) is 0 Å². The van der Waals surface area contributed by atoms with E-state index in [1.54, 1.807) is 0 Å². The molecule has 0 aromatic heterocycles. The number of hydrogen-bond donors (Lipinski definition) is 0. The third kappa shape index (κ3) is 1.80. The minimum absolute atomic E-state index is 0.790. The molecule has 1 aliphatic heterocycles. The maximum atomic E-state index is 4.10. The molecule has 1 fully saturated rings. The number of allylic oxidation sites excluding steroid dienone is 1. The van der Waals surface area contributed by atoms with Crippen LogP contribution in [-0.4, -0.2) is 10.9 Å². The first-order chi connectivity index (χ1) is 7.83. The van der Waals surface area contributed by atoms with Gasteiger partial charge in [0.25, 0.3) is 0 Å². The topological polar surface area (TPSA) is 3.24 Å². The SMILES string of the molecule is C=C1CCC(N2Cc3ccccc3C2)CC1. The Bertz CT molecular complexity index is 373. The zero-order valence-corrected chi connectivity index (χ0v) is 9.78. The summed E-state index contributed by atoms with van der Waals surface area (Å²) in [6.07, 6.45) is 5.09. The van der Waals surface area contributed by atoms with Gasteiger partial charge in [0.05, 0.1) is 0 Å². The maximum absolute atomic E-state index is 4.10. The van der Waals surface area contributed by atoms with Crippen molar-refractivity contribution in [1.82, 2.24) is 4.90 Å². The van der Waals surface area contributed by atoms with E-state index in [4.69, 9.17) is 0 Å². The van der Waals surface area contributed by atoms with Crippen molar-refractivity contribution in [1.29, 1.82) is 0 Å². The van der Waals surface area contributed by atoms with E-state index in [0.717, 1.165) is 19.1 Å². The molecule has 1 heterocycles. The third-order valence-electron chi connectivity index (χ3n) is 4.04. The fourth-order valence-electron chi connectivity index (χ4n) is 2.99. The molecule has 0 spiro atoms. The molecule has 16 heavy (non-hydrogen) atoms. The van der Waals surface area contributed by atoms with Crippen molar-refractivity contribution >= 4 is 0 Å². The summed E-state index contributed by atoms with van der Waals surface area (Å²) in [5.74, 6) is 0. The lowest BCUT2D eigenvalue weighted by molar-refractivity contribution is 0.169.